The third-order valence-electron chi connectivity index (χ3n) is 3.66. The Balaban J connectivity index is 2.08. The lowest BCUT2D eigenvalue weighted by Gasteiger charge is -2.27. The molecule has 1 N–H and O–H groups in total. The summed E-state index contributed by atoms with van der Waals surface area (Å²) in [5.74, 6) is -0.769. The van der Waals surface area contributed by atoms with Gasteiger partial charge in [-0.3, -0.25) is 9.59 Å². The van der Waals surface area contributed by atoms with E-state index in [4.69, 9.17) is 0 Å². The molecule has 1 saturated carbocycles. The number of carbonyl (C=O) groups is 2. The Kier molecular flexibility index (Phi) is 4.71. The van der Waals surface area contributed by atoms with Crippen LogP contribution in [0.4, 0.5) is 4.39 Å². The number of rotatable bonds is 5. The van der Waals surface area contributed by atoms with Crippen molar-refractivity contribution in [1.82, 2.24) is 5.32 Å². The van der Waals surface area contributed by atoms with Crippen molar-refractivity contribution in [3.63, 3.8) is 0 Å². The second-order valence-electron chi connectivity index (χ2n) is 5.02. The summed E-state index contributed by atoms with van der Waals surface area (Å²) in [5, 5.41) is 2.86. The summed E-state index contributed by atoms with van der Waals surface area (Å²) in [6.45, 7) is 0. The lowest BCUT2D eigenvalue weighted by molar-refractivity contribution is -0.141. The number of benzene rings is 1. The molecule has 0 aromatic heterocycles. The maximum Gasteiger partial charge on any atom is 0.307 e. The molecule has 1 aromatic carbocycles. The molecule has 1 atom stereocenters. The molecular formula is C15H18FNO3. The highest BCUT2D eigenvalue weighted by Gasteiger charge is 2.28. The standard InChI is InChI=1S/C15H18FNO3/c1-20-14(18)9-13(10-5-7-12(16)8-6-10)17-15(19)11-3-2-4-11/h5-8,11,13H,2-4,9H2,1H3,(H,17,19). The molecule has 1 aliphatic carbocycles. The lowest BCUT2D eigenvalue weighted by atomic mass is 9.84. The zero-order valence-electron chi connectivity index (χ0n) is 11.4. The quantitative estimate of drug-likeness (QED) is 0.842. The molecule has 108 valence electrons. The minimum Gasteiger partial charge on any atom is -0.469 e. The van der Waals surface area contributed by atoms with Crippen LogP contribution in [0.2, 0.25) is 0 Å². The van der Waals surface area contributed by atoms with Gasteiger partial charge in [-0.2, -0.15) is 0 Å². The first-order valence-corrected chi connectivity index (χ1v) is 6.73. The van der Waals surface area contributed by atoms with E-state index in [-0.39, 0.29) is 24.1 Å². The number of carbonyl (C=O) groups excluding carboxylic acids is 2. The first-order chi connectivity index (χ1) is 9.60. The Morgan fingerprint density at radius 3 is 2.50 bits per heavy atom. The van der Waals surface area contributed by atoms with E-state index in [1.807, 2.05) is 0 Å². The summed E-state index contributed by atoms with van der Waals surface area (Å²) < 4.78 is 17.6. The number of amides is 1. The number of halogens is 1. The van der Waals surface area contributed by atoms with E-state index in [0.717, 1.165) is 19.3 Å². The molecule has 5 heteroatoms. The Labute approximate surface area is 117 Å². The van der Waals surface area contributed by atoms with Gasteiger partial charge in [-0.25, -0.2) is 4.39 Å². The fourth-order valence-electron chi connectivity index (χ4n) is 2.16. The van der Waals surface area contributed by atoms with Gasteiger partial charge in [0.15, 0.2) is 0 Å². The Bertz CT molecular complexity index is 482. The van der Waals surface area contributed by atoms with Crippen molar-refractivity contribution in [3.05, 3.63) is 35.6 Å². The molecule has 0 bridgehead atoms. The van der Waals surface area contributed by atoms with Crippen molar-refractivity contribution in [2.45, 2.75) is 31.7 Å². The molecule has 0 saturated heterocycles. The minimum absolute atomic E-state index is 0.0376. The van der Waals surface area contributed by atoms with Gasteiger partial charge >= 0.3 is 5.97 Å². The van der Waals surface area contributed by atoms with Gasteiger partial charge in [0.1, 0.15) is 5.82 Å². The van der Waals surface area contributed by atoms with Gasteiger partial charge in [0, 0.05) is 5.92 Å². The predicted octanol–water partition coefficient (Wildman–Crippen LogP) is 2.35. The van der Waals surface area contributed by atoms with Crippen molar-refractivity contribution in [2.24, 2.45) is 5.92 Å². The molecular weight excluding hydrogens is 261 g/mol. The van der Waals surface area contributed by atoms with Crippen molar-refractivity contribution < 1.29 is 18.7 Å². The second kappa shape index (κ2) is 6.50. The highest BCUT2D eigenvalue weighted by atomic mass is 19.1. The summed E-state index contributed by atoms with van der Waals surface area (Å²) >= 11 is 0. The summed E-state index contributed by atoms with van der Waals surface area (Å²) in [6.07, 6.45) is 2.89. The third-order valence-corrected chi connectivity index (χ3v) is 3.66. The van der Waals surface area contributed by atoms with Gasteiger partial charge in [-0.15, -0.1) is 0 Å². The third kappa shape index (κ3) is 3.56. The van der Waals surface area contributed by atoms with Crippen LogP contribution in [0.25, 0.3) is 0 Å². The topological polar surface area (TPSA) is 55.4 Å². The molecule has 1 fully saturated rings. The van der Waals surface area contributed by atoms with Crippen LogP contribution < -0.4 is 5.32 Å². The SMILES string of the molecule is COC(=O)CC(NC(=O)C1CCC1)c1ccc(F)cc1. The smallest absolute Gasteiger partial charge is 0.307 e. The van der Waals surface area contributed by atoms with Crippen molar-refractivity contribution in [2.75, 3.05) is 7.11 Å². The molecule has 20 heavy (non-hydrogen) atoms. The minimum atomic E-state index is -0.476. The van der Waals surface area contributed by atoms with Crippen LogP contribution in [0.3, 0.4) is 0 Å². The van der Waals surface area contributed by atoms with E-state index in [2.05, 4.69) is 10.1 Å². The maximum atomic E-state index is 13.0. The Morgan fingerprint density at radius 2 is 2.00 bits per heavy atom. The van der Waals surface area contributed by atoms with E-state index in [1.165, 1.54) is 19.2 Å². The van der Waals surface area contributed by atoms with E-state index >= 15 is 0 Å². The summed E-state index contributed by atoms with van der Waals surface area (Å²) in [7, 11) is 1.30. The molecule has 0 heterocycles. The molecule has 1 aliphatic rings. The van der Waals surface area contributed by atoms with E-state index in [9.17, 15) is 14.0 Å². The normalized spacial score (nSPS) is 16.1. The highest BCUT2D eigenvalue weighted by molar-refractivity contribution is 5.80. The number of hydrogen-bond donors (Lipinski definition) is 1. The molecule has 0 radical (unpaired) electrons. The van der Waals surface area contributed by atoms with Gasteiger partial charge in [-0.1, -0.05) is 18.6 Å². The molecule has 2 rings (SSSR count). The lowest BCUT2D eigenvalue weighted by Crippen LogP contribution is -2.37. The van der Waals surface area contributed by atoms with Crippen LogP contribution in [0.15, 0.2) is 24.3 Å². The fraction of sp³-hybridized carbons (Fsp3) is 0.467. The Hall–Kier alpha value is -1.91. The molecule has 1 unspecified atom stereocenters. The van der Waals surface area contributed by atoms with Crippen LogP contribution in [0.5, 0.6) is 0 Å². The van der Waals surface area contributed by atoms with Crippen LogP contribution in [0, 0.1) is 11.7 Å². The summed E-state index contributed by atoms with van der Waals surface area (Å²) in [4.78, 5) is 23.5. The first kappa shape index (κ1) is 14.5. The average Bonchev–Trinajstić information content (AvgIpc) is 2.36. The van der Waals surface area contributed by atoms with E-state index in [0.29, 0.717) is 5.56 Å². The first-order valence-electron chi connectivity index (χ1n) is 6.73. The van der Waals surface area contributed by atoms with Crippen LogP contribution in [-0.2, 0) is 14.3 Å². The number of hydrogen-bond acceptors (Lipinski definition) is 3. The highest BCUT2D eigenvalue weighted by Crippen LogP contribution is 2.28. The predicted molar refractivity (Wildman–Crippen MR) is 71.3 cm³/mol. The maximum absolute atomic E-state index is 13.0. The number of nitrogens with one attached hydrogen (secondary N) is 1. The Morgan fingerprint density at radius 1 is 1.35 bits per heavy atom. The number of ether oxygens (including phenoxy) is 1. The molecule has 0 aliphatic heterocycles. The van der Waals surface area contributed by atoms with Gasteiger partial charge in [0.2, 0.25) is 5.91 Å². The monoisotopic (exact) mass is 279 g/mol. The molecule has 1 aromatic rings. The molecule has 1 amide bonds. The van der Waals surface area contributed by atoms with E-state index in [1.54, 1.807) is 12.1 Å². The molecule has 0 spiro atoms. The van der Waals surface area contributed by atoms with Gasteiger partial charge in [-0.05, 0) is 30.5 Å². The van der Waals surface area contributed by atoms with Crippen molar-refractivity contribution >= 4 is 11.9 Å². The fourth-order valence-corrected chi connectivity index (χ4v) is 2.16. The van der Waals surface area contributed by atoms with Gasteiger partial charge in [0.05, 0.1) is 19.6 Å². The van der Waals surface area contributed by atoms with Crippen molar-refractivity contribution in [1.29, 1.82) is 0 Å². The van der Waals surface area contributed by atoms with Crippen LogP contribution in [0.1, 0.15) is 37.3 Å². The summed E-state index contributed by atoms with van der Waals surface area (Å²) in [6, 6.07) is 5.30. The second-order valence-corrected chi connectivity index (χ2v) is 5.02. The van der Waals surface area contributed by atoms with Crippen LogP contribution in [-0.4, -0.2) is 19.0 Å². The van der Waals surface area contributed by atoms with E-state index < -0.39 is 12.0 Å². The molecule has 4 nitrogen and oxygen atoms in total. The summed E-state index contributed by atoms with van der Waals surface area (Å²) in [5.41, 5.74) is 0.699. The average molecular weight is 279 g/mol. The van der Waals surface area contributed by atoms with Gasteiger partial charge in [0.25, 0.3) is 0 Å². The van der Waals surface area contributed by atoms with Crippen LogP contribution >= 0.6 is 0 Å². The van der Waals surface area contributed by atoms with Crippen molar-refractivity contribution in [3.8, 4) is 0 Å². The number of esters is 1. The number of methoxy groups -OCH3 is 1. The van der Waals surface area contributed by atoms with Gasteiger partial charge < -0.3 is 10.1 Å². The zero-order valence-corrected chi connectivity index (χ0v) is 11.4. The zero-order chi connectivity index (χ0) is 14.5. The largest absolute Gasteiger partial charge is 0.469 e.